The molecule has 0 fully saturated rings. The summed E-state index contributed by atoms with van der Waals surface area (Å²) in [4.78, 5) is 5.00. The highest BCUT2D eigenvalue weighted by atomic mass is 16.7. The van der Waals surface area contributed by atoms with E-state index in [0.717, 1.165) is 5.69 Å². The molecule has 0 atom stereocenters. The number of hydrogen-bond acceptors (Lipinski definition) is 5. The monoisotopic (exact) mass is 192 g/mol. The van der Waals surface area contributed by atoms with Crippen LogP contribution in [-0.4, -0.2) is 5.12 Å². The highest BCUT2D eigenvalue weighted by molar-refractivity contribution is 5.48. The number of benzene rings is 1. The number of aryl methyl sites for hydroxylation is 1. The number of hydrogen-bond donors (Lipinski definition) is 3. The maximum atomic E-state index is 5.38. The maximum Gasteiger partial charge on any atom is 0.238 e. The van der Waals surface area contributed by atoms with E-state index in [-0.39, 0.29) is 0 Å². The fourth-order valence-electron chi connectivity index (χ4n) is 1.12. The molecule has 5 nitrogen and oxygen atoms in total. The summed E-state index contributed by atoms with van der Waals surface area (Å²) in [5.74, 6) is 5.95. The van der Waals surface area contributed by atoms with E-state index in [2.05, 4.69) is 10.9 Å². The van der Waals surface area contributed by atoms with Gasteiger partial charge in [0.2, 0.25) is 5.88 Å². The normalized spacial score (nSPS) is 15.0. The lowest BCUT2D eigenvalue weighted by molar-refractivity contribution is 0.0236. The fourth-order valence-corrected chi connectivity index (χ4v) is 1.12. The summed E-state index contributed by atoms with van der Waals surface area (Å²) < 4.78 is 0. The summed E-state index contributed by atoms with van der Waals surface area (Å²) in [6.45, 7) is 2.04. The summed E-state index contributed by atoms with van der Waals surface area (Å²) in [6.07, 6.45) is 1.61. The van der Waals surface area contributed by atoms with Crippen molar-refractivity contribution in [3.8, 4) is 0 Å². The summed E-state index contributed by atoms with van der Waals surface area (Å²) in [5, 5.41) is 4.29. The molecule has 5 heteroatoms. The molecule has 0 amide bonds. The van der Waals surface area contributed by atoms with E-state index in [1.54, 1.807) is 6.20 Å². The van der Waals surface area contributed by atoms with Gasteiger partial charge in [-0.05, 0) is 24.6 Å². The molecule has 0 unspecified atom stereocenters. The van der Waals surface area contributed by atoms with Crippen molar-refractivity contribution >= 4 is 5.69 Å². The average Bonchev–Trinajstić information content (AvgIpc) is 2.56. The second-order valence-electron chi connectivity index (χ2n) is 3.08. The number of rotatable bonds is 2. The quantitative estimate of drug-likeness (QED) is 0.606. The first-order chi connectivity index (χ1) is 6.74. The number of hydrazine groups is 2. The predicted molar refractivity (Wildman–Crippen MR) is 53.1 cm³/mol. The Morgan fingerprint density at radius 1 is 1.36 bits per heavy atom. The minimum absolute atomic E-state index is 0.566. The number of anilines is 1. The molecule has 1 heterocycles. The molecule has 0 spiro atoms. The second kappa shape index (κ2) is 3.57. The maximum absolute atomic E-state index is 5.38. The molecular formula is C9H12N4O. The first kappa shape index (κ1) is 8.86. The molecule has 4 N–H and O–H groups in total. The Hall–Kier alpha value is -1.72. The van der Waals surface area contributed by atoms with Gasteiger partial charge in [-0.15, -0.1) is 0 Å². The Kier molecular flexibility index (Phi) is 2.26. The van der Waals surface area contributed by atoms with Gasteiger partial charge in [0.25, 0.3) is 0 Å². The molecule has 1 aromatic rings. The highest BCUT2D eigenvalue weighted by Gasteiger charge is 2.09. The van der Waals surface area contributed by atoms with Crippen LogP contribution < -0.4 is 16.7 Å². The van der Waals surface area contributed by atoms with E-state index in [1.807, 2.05) is 31.2 Å². The van der Waals surface area contributed by atoms with Crippen LogP contribution in [0.25, 0.3) is 0 Å². The van der Waals surface area contributed by atoms with Gasteiger partial charge in [0.1, 0.15) is 0 Å². The lowest BCUT2D eigenvalue weighted by Gasteiger charge is -2.05. The Balaban J connectivity index is 2.04. The zero-order valence-electron chi connectivity index (χ0n) is 7.82. The van der Waals surface area contributed by atoms with Crippen molar-refractivity contribution in [3.05, 3.63) is 41.9 Å². The van der Waals surface area contributed by atoms with E-state index < -0.39 is 0 Å². The zero-order valence-corrected chi connectivity index (χ0v) is 7.82. The van der Waals surface area contributed by atoms with Crippen molar-refractivity contribution in [3.63, 3.8) is 0 Å². The third-order valence-electron chi connectivity index (χ3n) is 1.84. The molecule has 0 bridgehead atoms. The van der Waals surface area contributed by atoms with Crippen molar-refractivity contribution in [1.29, 1.82) is 0 Å². The molecule has 74 valence electrons. The van der Waals surface area contributed by atoms with Crippen molar-refractivity contribution in [2.24, 2.45) is 5.84 Å². The van der Waals surface area contributed by atoms with Gasteiger partial charge in [-0.25, -0.2) is 11.0 Å². The van der Waals surface area contributed by atoms with Gasteiger partial charge in [0.05, 0.1) is 6.20 Å². The molecular weight excluding hydrogens is 180 g/mol. The number of nitrogens with zero attached hydrogens (tertiary/aromatic N) is 1. The summed E-state index contributed by atoms with van der Waals surface area (Å²) in [6, 6.07) is 7.98. The third-order valence-corrected chi connectivity index (χ3v) is 1.84. The molecule has 14 heavy (non-hydrogen) atoms. The van der Waals surface area contributed by atoms with Crippen LogP contribution >= 0.6 is 0 Å². The summed E-state index contributed by atoms with van der Waals surface area (Å²) in [5.41, 5.74) is 4.63. The molecule has 0 aromatic heterocycles. The van der Waals surface area contributed by atoms with Gasteiger partial charge in [-0.1, -0.05) is 17.7 Å². The van der Waals surface area contributed by atoms with Gasteiger partial charge in [-0.2, -0.15) is 0 Å². The summed E-state index contributed by atoms with van der Waals surface area (Å²) >= 11 is 0. The van der Waals surface area contributed by atoms with Crippen molar-refractivity contribution in [2.45, 2.75) is 6.92 Å². The molecule has 0 radical (unpaired) electrons. The van der Waals surface area contributed by atoms with Crippen molar-refractivity contribution in [1.82, 2.24) is 10.7 Å². The largest absolute Gasteiger partial charge is 0.368 e. The Labute approximate surface area is 82.0 Å². The topological polar surface area (TPSA) is 62.5 Å². The first-order valence-corrected chi connectivity index (χ1v) is 4.26. The Morgan fingerprint density at radius 3 is 2.64 bits per heavy atom. The fraction of sp³-hybridized carbons (Fsp3) is 0.111. The molecule has 0 aliphatic carbocycles. The predicted octanol–water partition coefficient (Wildman–Crippen LogP) is 0.831. The van der Waals surface area contributed by atoms with Crippen LogP contribution in [0, 0.1) is 6.92 Å². The van der Waals surface area contributed by atoms with E-state index in [4.69, 9.17) is 10.7 Å². The van der Waals surface area contributed by atoms with Gasteiger partial charge >= 0.3 is 0 Å². The summed E-state index contributed by atoms with van der Waals surface area (Å²) in [7, 11) is 0. The van der Waals surface area contributed by atoms with Crippen LogP contribution in [0.1, 0.15) is 5.56 Å². The minimum atomic E-state index is 0.566. The molecule has 0 saturated carbocycles. The van der Waals surface area contributed by atoms with Crippen LogP contribution in [0.5, 0.6) is 0 Å². The van der Waals surface area contributed by atoms with Gasteiger partial charge in [0, 0.05) is 5.69 Å². The first-order valence-electron chi connectivity index (χ1n) is 4.26. The minimum Gasteiger partial charge on any atom is -0.368 e. The van der Waals surface area contributed by atoms with E-state index in [9.17, 15) is 0 Å². The van der Waals surface area contributed by atoms with Crippen LogP contribution in [0.4, 0.5) is 5.69 Å². The van der Waals surface area contributed by atoms with Crippen LogP contribution in [0.3, 0.4) is 0 Å². The standard InChI is InChI=1S/C9H12N4O/c1-7-2-4-8(5-3-7)11-9-6-13(10)12-14-9/h2-6,11-12H,10H2,1H3. The van der Waals surface area contributed by atoms with Crippen LogP contribution in [0.15, 0.2) is 36.3 Å². The lowest BCUT2D eigenvalue weighted by Crippen LogP contribution is -2.33. The van der Waals surface area contributed by atoms with Gasteiger partial charge in [0.15, 0.2) is 0 Å². The lowest BCUT2D eigenvalue weighted by atomic mass is 10.2. The van der Waals surface area contributed by atoms with E-state index in [0.29, 0.717) is 5.88 Å². The second-order valence-corrected chi connectivity index (χ2v) is 3.08. The smallest absolute Gasteiger partial charge is 0.238 e. The SMILES string of the molecule is Cc1ccc(NC2=CN(N)NO2)cc1. The van der Waals surface area contributed by atoms with E-state index >= 15 is 0 Å². The molecule has 1 aromatic carbocycles. The number of nitrogens with two attached hydrogens (primary N) is 1. The average molecular weight is 192 g/mol. The highest BCUT2D eigenvalue weighted by Crippen LogP contribution is 2.13. The van der Waals surface area contributed by atoms with Crippen molar-refractivity contribution < 1.29 is 4.84 Å². The molecule has 1 aliphatic heterocycles. The molecule has 1 aliphatic rings. The molecule has 2 rings (SSSR count). The van der Waals surface area contributed by atoms with E-state index in [1.165, 1.54) is 10.7 Å². The Bertz CT molecular complexity index is 346. The van der Waals surface area contributed by atoms with Gasteiger partial charge in [-0.3, -0.25) is 0 Å². The van der Waals surface area contributed by atoms with Crippen molar-refractivity contribution in [2.75, 3.05) is 5.32 Å². The molecule has 0 saturated heterocycles. The number of nitrogens with one attached hydrogen (secondary N) is 2. The third kappa shape index (κ3) is 1.95. The van der Waals surface area contributed by atoms with Gasteiger partial charge < -0.3 is 10.2 Å². The van der Waals surface area contributed by atoms with Crippen LogP contribution in [0.2, 0.25) is 0 Å². The Morgan fingerprint density at radius 2 is 2.07 bits per heavy atom. The van der Waals surface area contributed by atoms with Crippen LogP contribution in [-0.2, 0) is 4.84 Å². The zero-order chi connectivity index (χ0) is 9.97.